The molecule has 2 aliphatic heterocycles. The maximum Gasteiger partial charge on any atom is 0.282 e. The van der Waals surface area contributed by atoms with Crippen LogP contribution in [-0.4, -0.2) is 65.6 Å². The molecule has 0 saturated carbocycles. The Labute approximate surface area is 154 Å². The van der Waals surface area contributed by atoms with Gasteiger partial charge in [0.05, 0.1) is 11.1 Å². The summed E-state index contributed by atoms with van der Waals surface area (Å²) in [4.78, 5) is 2.23. The molecule has 4 heterocycles. The summed E-state index contributed by atoms with van der Waals surface area (Å²) in [6, 6.07) is 8.14. The molecule has 0 aromatic carbocycles. The second kappa shape index (κ2) is 7.00. The number of rotatable bonds is 4. The molecule has 0 radical (unpaired) electrons. The number of aromatic nitrogens is 1. The summed E-state index contributed by atoms with van der Waals surface area (Å²) < 4.78 is 30.5. The molecule has 0 N–H and O–H groups in total. The lowest BCUT2D eigenvalue weighted by Crippen LogP contribution is -2.52. The molecule has 0 atom stereocenters. The van der Waals surface area contributed by atoms with Gasteiger partial charge in [0, 0.05) is 63.8 Å². The molecule has 26 heavy (non-hydrogen) atoms. The monoisotopic (exact) mass is 373 g/mol. The molecule has 0 spiro atoms. The fourth-order valence-corrected chi connectivity index (χ4v) is 5.54. The van der Waals surface area contributed by atoms with Crippen molar-refractivity contribution < 1.29 is 8.42 Å². The Morgan fingerprint density at radius 3 is 2.38 bits per heavy atom. The molecule has 0 bridgehead atoms. The number of hydrogen-bond donors (Lipinski definition) is 0. The molecule has 0 amide bonds. The molecule has 4 rings (SSSR count). The Morgan fingerprint density at radius 2 is 1.69 bits per heavy atom. The van der Waals surface area contributed by atoms with Crippen LogP contribution in [0.3, 0.4) is 0 Å². The highest BCUT2D eigenvalue weighted by molar-refractivity contribution is 7.86. The molecule has 7 nitrogen and oxygen atoms in total. The van der Waals surface area contributed by atoms with Crippen molar-refractivity contribution in [1.82, 2.24) is 17.9 Å². The number of hydrogen-bond acceptors (Lipinski definition) is 4. The van der Waals surface area contributed by atoms with E-state index in [0.29, 0.717) is 51.4 Å². The van der Waals surface area contributed by atoms with Crippen LogP contribution in [0.15, 0.2) is 30.6 Å². The second-order valence-electron chi connectivity index (χ2n) is 6.92. The van der Waals surface area contributed by atoms with Gasteiger partial charge >= 0.3 is 0 Å². The van der Waals surface area contributed by atoms with E-state index in [2.05, 4.69) is 11.0 Å². The molecule has 2 aliphatic rings. The highest BCUT2D eigenvalue weighted by Crippen LogP contribution is 2.22. The standard InChI is InChI=1S/C18H23N5O2S/c19-13-17-16(15-21-6-2-1-5-18(17)21)14-20-9-11-23(12-10-20)26(24,25)22-7-3-4-8-22/h1-2,5-6,15H,3-4,7-12,14H2. The van der Waals surface area contributed by atoms with E-state index in [1.807, 2.05) is 35.0 Å². The van der Waals surface area contributed by atoms with Crippen LogP contribution in [0, 0.1) is 11.3 Å². The van der Waals surface area contributed by atoms with Crippen molar-refractivity contribution >= 4 is 15.7 Å². The summed E-state index contributed by atoms with van der Waals surface area (Å²) in [5.74, 6) is 0. The second-order valence-corrected chi connectivity index (χ2v) is 8.85. The Balaban J connectivity index is 1.44. The van der Waals surface area contributed by atoms with Gasteiger partial charge in [0.1, 0.15) is 6.07 Å². The summed E-state index contributed by atoms with van der Waals surface area (Å²) in [7, 11) is -3.31. The predicted molar refractivity (Wildman–Crippen MR) is 98.7 cm³/mol. The maximum absolute atomic E-state index is 12.7. The lowest BCUT2D eigenvalue weighted by atomic mass is 10.1. The molecule has 2 saturated heterocycles. The normalized spacial score (nSPS) is 20.6. The van der Waals surface area contributed by atoms with Gasteiger partial charge in [-0.05, 0) is 25.0 Å². The molecule has 0 unspecified atom stereocenters. The number of piperazine rings is 1. The van der Waals surface area contributed by atoms with Crippen LogP contribution in [0.2, 0.25) is 0 Å². The lowest BCUT2D eigenvalue weighted by molar-refractivity contribution is 0.176. The third kappa shape index (κ3) is 3.12. The summed E-state index contributed by atoms with van der Waals surface area (Å²) in [6.07, 6.45) is 5.86. The van der Waals surface area contributed by atoms with Gasteiger partial charge < -0.3 is 4.40 Å². The van der Waals surface area contributed by atoms with Gasteiger partial charge in [-0.1, -0.05) is 6.07 Å². The Hall–Kier alpha value is -1.92. The van der Waals surface area contributed by atoms with Crippen LogP contribution in [0.4, 0.5) is 0 Å². The fourth-order valence-electron chi connectivity index (χ4n) is 3.87. The van der Waals surface area contributed by atoms with E-state index in [-0.39, 0.29) is 0 Å². The zero-order valence-corrected chi connectivity index (χ0v) is 15.5. The summed E-state index contributed by atoms with van der Waals surface area (Å²) in [5.41, 5.74) is 2.62. The van der Waals surface area contributed by atoms with Gasteiger partial charge in [0.2, 0.25) is 0 Å². The number of nitriles is 1. The van der Waals surface area contributed by atoms with Crippen molar-refractivity contribution in [2.75, 3.05) is 39.3 Å². The van der Waals surface area contributed by atoms with E-state index in [9.17, 15) is 13.7 Å². The van der Waals surface area contributed by atoms with Crippen molar-refractivity contribution in [1.29, 1.82) is 5.26 Å². The quantitative estimate of drug-likeness (QED) is 0.809. The molecule has 2 aromatic rings. The van der Waals surface area contributed by atoms with Crippen molar-refractivity contribution in [3.05, 3.63) is 41.7 Å². The van der Waals surface area contributed by atoms with Crippen LogP contribution in [0.25, 0.3) is 5.52 Å². The average Bonchev–Trinajstić information content (AvgIpc) is 3.30. The minimum atomic E-state index is -3.31. The molecule has 8 heteroatoms. The van der Waals surface area contributed by atoms with Crippen LogP contribution < -0.4 is 0 Å². The summed E-state index contributed by atoms with van der Waals surface area (Å²) >= 11 is 0. The van der Waals surface area contributed by atoms with E-state index in [1.165, 1.54) is 0 Å². The zero-order valence-electron chi connectivity index (χ0n) is 14.7. The van der Waals surface area contributed by atoms with Crippen molar-refractivity contribution in [3.8, 4) is 6.07 Å². The Kier molecular flexibility index (Phi) is 4.71. The SMILES string of the molecule is N#Cc1c(CN2CCN(S(=O)(=O)N3CCCC3)CC2)cn2ccccc12. The highest BCUT2D eigenvalue weighted by atomic mass is 32.2. The first-order valence-corrected chi connectivity index (χ1v) is 10.5. The van der Waals surface area contributed by atoms with Gasteiger partial charge in [0.25, 0.3) is 10.2 Å². The van der Waals surface area contributed by atoms with Crippen LogP contribution in [0.5, 0.6) is 0 Å². The topological polar surface area (TPSA) is 72.1 Å². The number of fused-ring (bicyclic) bond motifs is 1. The van der Waals surface area contributed by atoms with Crippen LogP contribution in [0.1, 0.15) is 24.0 Å². The van der Waals surface area contributed by atoms with Gasteiger partial charge in [-0.3, -0.25) is 4.90 Å². The van der Waals surface area contributed by atoms with E-state index in [4.69, 9.17) is 0 Å². The first-order chi connectivity index (χ1) is 12.6. The van der Waals surface area contributed by atoms with Crippen LogP contribution >= 0.6 is 0 Å². The molecule has 0 aliphatic carbocycles. The number of pyridine rings is 1. The molecular formula is C18H23N5O2S. The molecular weight excluding hydrogens is 350 g/mol. The molecule has 2 fully saturated rings. The van der Waals surface area contributed by atoms with E-state index in [1.54, 1.807) is 8.61 Å². The fraction of sp³-hybridized carbons (Fsp3) is 0.500. The summed E-state index contributed by atoms with van der Waals surface area (Å²) in [6.45, 7) is 4.34. The number of nitrogens with zero attached hydrogens (tertiary/aromatic N) is 5. The van der Waals surface area contributed by atoms with Gasteiger partial charge in [0.15, 0.2) is 0 Å². The smallest absolute Gasteiger partial charge is 0.282 e. The third-order valence-electron chi connectivity index (χ3n) is 5.32. The third-order valence-corrected chi connectivity index (χ3v) is 7.35. The molecule has 138 valence electrons. The minimum absolute atomic E-state index is 0.508. The predicted octanol–water partition coefficient (Wildman–Crippen LogP) is 1.27. The lowest BCUT2D eigenvalue weighted by Gasteiger charge is -2.35. The van der Waals surface area contributed by atoms with Crippen LogP contribution in [-0.2, 0) is 16.8 Å². The van der Waals surface area contributed by atoms with Gasteiger partial charge in [-0.2, -0.15) is 22.3 Å². The molecule has 2 aromatic heterocycles. The summed E-state index contributed by atoms with van der Waals surface area (Å²) in [5, 5.41) is 9.53. The Morgan fingerprint density at radius 1 is 1.00 bits per heavy atom. The largest absolute Gasteiger partial charge is 0.322 e. The van der Waals surface area contributed by atoms with Crippen molar-refractivity contribution in [2.24, 2.45) is 0 Å². The average molecular weight is 373 g/mol. The first-order valence-electron chi connectivity index (χ1n) is 9.06. The van der Waals surface area contributed by atoms with Crippen molar-refractivity contribution in [2.45, 2.75) is 19.4 Å². The Bertz CT molecular complexity index is 932. The van der Waals surface area contributed by atoms with Crippen molar-refractivity contribution in [3.63, 3.8) is 0 Å². The van der Waals surface area contributed by atoms with Gasteiger partial charge in [-0.25, -0.2) is 0 Å². The van der Waals surface area contributed by atoms with E-state index < -0.39 is 10.2 Å². The van der Waals surface area contributed by atoms with E-state index in [0.717, 1.165) is 23.9 Å². The minimum Gasteiger partial charge on any atom is -0.322 e. The maximum atomic E-state index is 12.7. The first kappa shape index (κ1) is 17.5. The van der Waals surface area contributed by atoms with E-state index >= 15 is 0 Å². The zero-order chi connectivity index (χ0) is 18.1. The highest BCUT2D eigenvalue weighted by Gasteiger charge is 2.33. The van der Waals surface area contributed by atoms with Gasteiger partial charge in [-0.15, -0.1) is 0 Å².